The number of nitrogens with zero attached hydrogens (tertiary/aromatic N) is 5. The van der Waals surface area contributed by atoms with Gasteiger partial charge in [-0.1, -0.05) is 17.8 Å². The Balaban J connectivity index is 1.89. The maximum atomic E-state index is 12.0. The Bertz CT molecular complexity index is 789. The molecule has 0 spiro atoms. The predicted molar refractivity (Wildman–Crippen MR) is 96.1 cm³/mol. The standard InChI is InChI=1S/C16H20N6O3S/c1-21(8-4-7-17)15(23)11-26-16-20-19-14(22(16)18)10-25-13-6-3-5-12(9-13)24-2/h3,5-6,9H,4,8,10-11,18H2,1-2H3. The summed E-state index contributed by atoms with van der Waals surface area (Å²) in [7, 11) is 3.24. The first-order valence-corrected chi connectivity index (χ1v) is 8.73. The summed E-state index contributed by atoms with van der Waals surface area (Å²) in [5.74, 6) is 7.76. The molecule has 0 saturated heterocycles. The average molecular weight is 376 g/mol. The number of methoxy groups -OCH3 is 1. The Kier molecular flexibility index (Phi) is 7.11. The van der Waals surface area contributed by atoms with Crippen molar-refractivity contribution in [3.8, 4) is 17.6 Å². The number of nitrogens with two attached hydrogens (primary N) is 1. The summed E-state index contributed by atoms with van der Waals surface area (Å²) in [6.45, 7) is 0.526. The van der Waals surface area contributed by atoms with Crippen LogP contribution < -0.4 is 15.3 Å². The molecule has 0 aliphatic carbocycles. The predicted octanol–water partition coefficient (Wildman–Crippen LogP) is 1.04. The Morgan fingerprint density at radius 1 is 1.42 bits per heavy atom. The van der Waals surface area contributed by atoms with Crippen molar-refractivity contribution in [3.05, 3.63) is 30.1 Å². The highest BCUT2D eigenvalue weighted by atomic mass is 32.2. The number of nitrogen functional groups attached to an aromatic ring is 1. The minimum Gasteiger partial charge on any atom is -0.497 e. The fraction of sp³-hybridized carbons (Fsp3) is 0.375. The molecular formula is C16H20N6O3S. The fourth-order valence-corrected chi connectivity index (χ4v) is 2.74. The maximum Gasteiger partial charge on any atom is 0.232 e. The normalized spacial score (nSPS) is 10.2. The number of carbonyl (C=O) groups is 1. The van der Waals surface area contributed by atoms with E-state index in [0.29, 0.717) is 35.4 Å². The summed E-state index contributed by atoms with van der Waals surface area (Å²) in [5, 5.41) is 16.9. The third-order valence-corrected chi connectivity index (χ3v) is 4.38. The zero-order valence-corrected chi connectivity index (χ0v) is 15.4. The van der Waals surface area contributed by atoms with Gasteiger partial charge < -0.3 is 20.2 Å². The number of benzene rings is 1. The average Bonchev–Trinajstić information content (AvgIpc) is 3.02. The van der Waals surface area contributed by atoms with Crippen molar-refractivity contribution in [2.24, 2.45) is 0 Å². The molecule has 2 rings (SSSR count). The number of ether oxygens (including phenoxy) is 2. The van der Waals surface area contributed by atoms with Crippen LogP contribution in [0.1, 0.15) is 12.2 Å². The molecule has 10 heteroatoms. The smallest absolute Gasteiger partial charge is 0.232 e. The van der Waals surface area contributed by atoms with E-state index in [4.69, 9.17) is 20.6 Å². The van der Waals surface area contributed by atoms with Crippen LogP contribution in [-0.2, 0) is 11.4 Å². The van der Waals surface area contributed by atoms with E-state index in [-0.39, 0.29) is 18.3 Å². The third kappa shape index (κ3) is 5.29. The molecule has 1 heterocycles. The fourth-order valence-electron chi connectivity index (χ4n) is 1.92. The minimum absolute atomic E-state index is 0.109. The van der Waals surface area contributed by atoms with Crippen molar-refractivity contribution < 1.29 is 14.3 Å². The van der Waals surface area contributed by atoms with Gasteiger partial charge in [0.2, 0.25) is 11.1 Å². The van der Waals surface area contributed by atoms with Crippen molar-refractivity contribution in [1.29, 1.82) is 5.26 Å². The zero-order chi connectivity index (χ0) is 18.9. The Morgan fingerprint density at radius 2 is 2.19 bits per heavy atom. The van der Waals surface area contributed by atoms with E-state index in [2.05, 4.69) is 10.2 Å². The van der Waals surface area contributed by atoms with E-state index in [1.54, 1.807) is 26.3 Å². The number of aromatic nitrogens is 3. The Hall–Kier alpha value is -2.93. The summed E-state index contributed by atoms with van der Waals surface area (Å²) in [6, 6.07) is 9.19. The van der Waals surface area contributed by atoms with Crippen molar-refractivity contribution in [3.63, 3.8) is 0 Å². The molecule has 0 radical (unpaired) electrons. The van der Waals surface area contributed by atoms with Crippen LogP contribution in [0.25, 0.3) is 0 Å². The van der Waals surface area contributed by atoms with E-state index in [1.165, 1.54) is 21.3 Å². The largest absolute Gasteiger partial charge is 0.497 e. The molecule has 2 N–H and O–H groups in total. The highest BCUT2D eigenvalue weighted by molar-refractivity contribution is 7.99. The summed E-state index contributed by atoms with van der Waals surface area (Å²) >= 11 is 1.18. The maximum absolute atomic E-state index is 12.0. The summed E-state index contributed by atoms with van der Waals surface area (Å²) in [6.07, 6.45) is 0.297. The van der Waals surface area contributed by atoms with Gasteiger partial charge in [0, 0.05) is 19.7 Å². The number of hydrogen-bond donors (Lipinski definition) is 1. The van der Waals surface area contributed by atoms with Gasteiger partial charge in [-0.3, -0.25) is 4.79 Å². The van der Waals surface area contributed by atoms with E-state index >= 15 is 0 Å². The molecule has 1 amide bonds. The highest BCUT2D eigenvalue weighted by Crippen LogP contribution is 2.20. The van der Waals surface area contributed by atoms with E-state index in [0.717, 1.165) is 0 Å². The molecule has 26 heavy (non-hydrogen) atoms. The molecule has 1 aromatic heterocycles. The number of nitriles is 1. The van der Waals surface area contributed by atoms with E-state index in [1.807, 2.05) is 18.2 Å². The SMILES string of the molecule is COc1cccc(OCc2nnc(SCC(=O)N(C)CCC#N)n2N)c1. The number of amides is 1. The molecular weight excluding hydrogens is 356 g/mol. The Labute approximate surface area is 155 Å². The minimum atomic E-state index is -0.109. The first kappa shape index (κ1) is 19.4. The number of hydrogen-bond acceptors (Lipinski definition) is 8. The molecule has 0 saturated carbocycles. The van der Waals surface area contributed by atoms with Crippen LogP contribution in [0.15, 0.2) is 29.4 Å². The van der Waals surface area contributed by atoms with Crippen LogP contribution in [0, 0.1) is 11.3 Å². The van der Waals surface area contributed by atoms with Gasteiger partial charge in [-0.15, -0.1) is 10.2 Å². The topological polar surface area (TPSA) is 119 Å². The molecule has 9 nitrogen and oxygen atoms in total. The van der Waals surface area contributed by atoms with Gasteiger partial charge in [-0.05, 0) is 12.1 Å². The third-order valence-electron chi connectivity index (χ3n) is 3.45. The van der Waals surface area contributed by atoms with Gasteiger partial charge in [-0.25, -0.2) is 4.68 Å². The van der Waals surface area contributed by atoms with Crippen LogP contribution in [0.2, 0.25) is 0 Å². The van der Waals surface area contributed by atoms with Crippen molar-refractivity contribution in [2.45, 2.75) is 18.2 Å². The summed E-state index contributed by atoms with van der Waals surface area (Å²) in [5.41, 5.74) is 0. The van der Waals surface area contributed by atoms with Crippen molar-refractivity contribution >= 4 is 17.7 Å². The molecule has 0 aliphatic rings. The lowest BCUT2D eigenvalue weighted by atomic mass is 10.3. The second-order valence-electron chi connectivity index (χ2n) is 5.25. The van der Waals surface area contributed by atoms with Gasteiger partial charge >= 0.3 is 0 Å². The van der Waals surface area contributed by atoms with Gasteiger partial charge in [0.25, 0.3) is 0 Å². The molecule has 0 unspecified atom stereocenters. The molecule has 138 valence electrons. The van der Waals surface area contributed by atoms with Gasteiger partial charge in [0.15, 0.2) is 5.82 Å². The molecule has 0 atom stereocenters. The second-order valence-corrected chi connectivity index (χ2v) is 6.19. The number of thioether (sulfide) groups is 1. The van der Waals surface area contributed by atoms with E-state index in [9.17, 15) is 4.79 Å². The lowest BCUT2D eigenvalue weighted by Gasteiger charge is -2.14. The van der Waals surface area contributed by atoms with Crippen molar-refractivity contribution in [2.75, 3.05) is 32.3 Å². The molecule has 2 aromatic rings. The summed E-state index contributed by atoms with van der Waals surface area (Å²) < 4.78 is 12.1. The molecule has 1 aromatic carbocycles. The Morgan fingerprint density at radius 3 is 2.92 bits per heavy atom. The lowest BCUT2D eigenvalue weighted by molar-refractivity contribution is -0.127. The highest BCUT2D eigenvalue weighted by Gasteiger charge is 2.15. The van der Waals surface area contributed by atoms with Gasteiger partial charge in [0.1, 0.15) is 18.1 Å². The quantitative estimate of drug-likeness (QED) is 0.509. The van der Waals surface area contributed by atoms with Crippen LogP contribution in [-0.4, -0.2) is 52.1 Å². The monoisotopic (exact) mass is 376 g/mol. The van der Waals surface area contributed by atoms with Crippen LogP contribution in [0.4, 0.5) is 0 Å². The van der Waals surface area contributed by atoms with E-state index < -0.39 is 0 Å². The second kappa shape index (κ2) is 9.53. The van der Waals surface area contributed by atoms with Crippen molar-refractivity contribution in [1.82, 2.24) is 19.8 Å². The first-order chi connectivity index (χ1) is 12.5. The number of carbonyl (C=O) groups excluding carboxylic acids is 1. The molecule has 0 aliphatic heterocycles. The van der Waals surface area contributed by atoms with Crippen LogP contribution >= 0.6 is 11.8 Å². The molecule has 0 bridgehead atoms. The van der Waals surface area contributed by atoms with Gasteiger partial charge in [0.05, 0.1) is 25.4 Å². The lowest BCUT2D eigenvalue weighted by Crippen LogP contribution is -2.29. The van der Waals surface area contributed by atoms with Crippen LogP contribution in [0.5, 0.6) is 11.5 Å². The van der Waals surface area contributed by atoms with Crippen LogP contribution in [0.3, 0.4) is 0 Å². The number of rotatable bonds is 9. The van der Waals surface area contributed by atoms with Gasteiger partial charge in [-0.2, -0.15) is 5.26 Å². The zero-order valence-electron chi connectivity index (χ0n) is 14.6. The molecule has 0 fully saturated rings. The summed E-state index contributed by atoms with van der Waals surface area (Å²) in [4.78, 5) is 13.5. The first-order valence-electron chi connectivity index (χ1n) is 7.75.